The van der Waals surface area contributed by atoms with E-state index in [0.29, 0.717) is 34.0 Å². The number of nitrogens with one attached hydrogen (secondary N) is 2. The third-order valence-electron chi connectivity index (χ3n) is 6.04. The highest BCUT2D eigenvalue weighted by atomic mass is 32.1. The van der Waals surface area contributed by atoms with Crippen molar-refractivity contribution in [1.29, 1.82) is 0 Å². The number of oxazole rings is 1. The minimum Gasteiger partial charge on any atom is -0.451 e. The molecule has 0 bridgehead atoms. The summed E-state index contributed by atoms with van der Waals surface area (Å²) in [6, 6.07) is 22.5. The Labute approximate surface area is 229 Å². The SMILES string of the molecule is CC(C)(C)c1ccc(-c2nc3cc(NC(=S)NC(=O)c4ccc(-c5cccc([N+](=O)[O-])c5)o4)ccc3o2)cc1. The number of rotatable bonds is 5. The van der Waals surface area contributed by atoms with E-state index < -0.39 is 10.8 Å². The molecule has 0 aliphatic rings. The van der Waals surface area contributed by atoms with Gasteiger partial charge in [-0.2, -0.15) is 0 Å². The molecule has 0 aliphatic carbocycles. The highest BCUT2D eigenvalue weighted by Gasteiger charge is 2.17. The van der Waals surface area contributed by atoms with Gasteiger partial charge in [0, 0.05) is 28.9 Å². The van der Waals surface area contributed by atoms with E-state index in [9.17, 15) is 14.9 Å². The van der Waals surface area contributed by atoms with Crippen molar-refractivity contribution >= 4 is 45.7 Å². The third-order valence-corrected chi connectivity index (χ3v) is 6.25. The molecule has 196 valence electrons. The van der Waals surface area contributed by atoms with Crippen LogP contribution in [0.5, 0.6) is 0 Å². The molecular formula is C29H24N4O5S. The molecule has 0 fully saturated rings. The number of carbonyl (C=O) groups is 1. The predicted octanol–water partition coefficient (Wildman–Crippen LogP) is 7.09. The van der Waals surface area contributed by atoms with Gasteiger partial charge in [-0.25, -0.2) is 4.98 Å². The van der Waals surface area contributed by atoms with Crippen molar-refractivity contribution in [2.45, 2.75) is 26.2 Å². The molecule has 1 amide bonds. The molecule has 0 unspecified atom stereocenters. The maximum absolute atomic E-state index is 12.7. The molecule has 9 nitrogen and oxygen atoms in total. The van der Waals surface area contributed by atoms with Crippen LogP contribution in [0.2, 0.25) is 0 Å². The largest absolute Gasteiger partial charge is 0.451 e. The van der Waals surface area contributed by atoms with Crippen molar-refractivity contribution in [2.24, 2.45) is 0 Å². The topological polar surface area (TPSA) is 123 Å². The number of anilines is 1. The Bertz CT molecular complexity index is 1710. The number of nitro benzene ring substituents is 1. The molecule has 10 heteroatoms. The van der Waals surface area contributed by atoms with E-state index in [1.807, 2.05) is 12.1 Å². The van der Waals surface area contributed by atoms with E-state index in [1.54, 1.807) is 36.4 Å². The highest BCUT2D eigenvalue weighted by Crippen LogP contribution is 2.29. The van der Waals surface area contributed by atoms with Crippen LogP contribution < -0.4 is 10.6 Å². The molecular weight excluding hydrogens is 516 g/mol. The summed E-state index contributed by atoms with van der Waals surface area (Å²) >= 11 is 5.30. The normalized spacial score (nSPS) is 11.4. The Morgan fingerprint density at radius 3 is 2.44 bits per heavy atom. The lowest BCUT2D eigenvalue weighted by atomic mass is 9.87. The molecule has 39 heavy (non-hydrogen) atoms. The number of amides is 1. The molecule has 2 N–H and O–H groups in total. The highest BCUT2D eigenvalue weighted by molar-refractivity contribution is 7.80. The van der Waals surface area contributed by atoms with Crippen LogP contribution in [0.15, 0.2) is 87.7 Å². The molecule has 2 heterocycles. The maximum Gasteiger partial charge on any atom is 0.293 e. The molecule has 0 spiro atoms. The Kier molecular flexibility index (Phi) is 6.71. The van der Waals surface area contributed by atoms with Crippen LogP contribution >= 0.6 is 12.2 Å². The standard InChI is InChI=1S/C29H24N4O5S/c1-29(2,3)19-9-7-17(8-10-19)27-31-22-16-20(11-12-24(22)38-27)30-28(39)32-26(34)25-14-13-23(37-25)18-5-4-6-21(15-18)33(35)36/h4-16H,1-3H3,(H2,30,32,34,39). The summed E-state index contributed by atoms with van der Waals surface area (Å²) in [5, 5.41) is 16.6. The Morgan fingerprint density at radius 2 is 1.72 bits per heavy atom. The number of nitro groups is 1. The lowest BCUT2D eigenvalue weighted by Crippen LogP contribution is -2.33. The molecule has 0 aliphatic heterocycles. The zero-order valence-corrected chi connectivity index (χ0v) is 22.2. The van der Waals surface area contributed by atoms with E-state index in [1.165, 1.54) is 23.8 Å². The number of nitrogens with zero attached hydrogens (tertiary/aromatic N) is 2. The summed E-state index contributed by atoms with van der Waals surface area (Å²) in [4.78, 5) is 27.8. The summed E-state index contributed by atoms with van der Waals surface area (Å²) in [5.41, 5.74) is 4.43. The number of furan rings is 1. The number of hydrogen-bond acceptors (Lipinski definition) is 7. The number of hydrogen-bond donors (Lipinski definition) is 2. The van der Waals surface area contributed by atoms with Crippen LogP contribution in [-0.4, -0.2) is 20.9 Å². The number of thiocarbonyl (C=S) groups is 1. The summed E-state index contributed by atoms with van der Waals surface area (Å²) in [6.45, 7) is 6.49. The fourth-order valence-corrected chi connectivity index (χ4v) is 4.17. The van der Waals surface area contributed by atoms with Gasteiger partial charge < -0.3 is 14.2 Å². The Morgan fingerprint density at radius 1 is 0.949 bits per heavy atom. The fraction of sp³-hybridized carbons (Fsp3) is 0.138. The minimum atomic E-state index is -0.562. The summed E-state index contributed by atoms with van der Waals surface area (Å²) in [5.74, 6) is 0.279. The van der Waals surface area contributed by atoms with Crippen LogP contribution in [0.1, 0.15) is 36.9 Å². The molecule has 5 rings (SSSR count). The predicted molar refractivity (Wildman–Crippen MR) is 153 cm³/mol. The number of aromatic nitrogens is 1. The third kappa shape index (κ3) is 5.70. The van der Waals surface area contributed by atoms with Crippen molar-refractivity contribution in [1.82, 2.24) is 10.3 Å². The van der Waals surface area contributed by atoms with E-state index in [0.717, 1.165) is 5.56 Å². The van der Waals surface area contributed by atoms with Gasteiger partial charge in [0.15, 0.2) is 16.5 Å². The van der Waals surface area contributed by atoms with Crippen LogP contribution in [-0.2, 0) is 5.41 Å². The summed E-state index contributed by atoms with van der Waals surface area (Å²) in [6.07, 6.45) is 0. The Balaban J connectivity index is 1.25. The molecule has 0 atom stereocenters. The molecule has 3 aromatic carbocycles. The van der Waals surface area contributed by atoms with Gasteiger partial charge in [-0.05, 0) is 65.7 Å². The van der Waals surface area contributed by atoms with Gasteiger partial charge in [-0.3, -0.25) is 20.2 Å². The van der Waals surface area contributed by atoms with E-state index in [2.05, 4.69) is 48.5 Å². The smallest absolute Gasteiger partial charge is 0.293 e. The number of non-ortho nitro benzene ring substituents is 1. The quantitative estimate of drug-likeness (QED) is 0.138. The van der Waals surface area contributed by atoms with Crippen molar-refractivity contribution < 1.29 is 18.6 Å². The summed E-state index contributed by atoms with van der Waals surface area (Å²) in [7, 11) is 0. The van der Waals surface area contributed by atoms with E-state index >= 15 is 0 Å². The molecule has 0 saturated carbocycles. The first-order valence-corrected chi connectivity index (χ1v) is 12.5. The first kappa shape index (κ1) is 25.8. The van der Waals surface area contributed by atoms with E-state index in [4.69, 9.17) is 21.1 Å². The van der Waals surface area contributed by atoms with Gasteiger partial charge in [0.25, 0.3) is 11.6 Å². The van der Waals surface area contributed by atoms with Crippen molar-refractivity contribution in [2.75, 3.05) is 5.32 Å². The van der Waals surface area contributed by atoms with Crippen LogP contribution in [0, 0.1) is 10.1 Å². The summed E-state index contributed by atoms with van der Waals surface area (Å²) < 4.78 is 11.5. The maximum atomic E-state index is 12.7. The molecule has 0 radical (unpaired) electrons. The first-order valence-electron chi connectivity index (χ1n) is 12.1. The lowest BCUT2D eigenvalue weighted by molar-refractivity contribution is -0.384. The van der Waals surface area contributed by atoms with Gasteiger partial charge in [0.2, 0.25) is 5.89 Å². The van der Waals surface area contributed by atoms with Crippen molar-refractivity contribution in [3.63, 3.8) is 0 Å². The van der Waals surface area contributed by atoms with Gasteiger partial charge in [0.1, 0.15) is 11.3 Å². The molecule has 0 saturated heterocycles. The van der Waals surface area contributed by atoms with Crippen molar-refractivity contribution in [3.8, 4) is 22.8 Å². The van der Waals surface area contributed by atoms with Gasteiger partial charge in [-0.15, -0.1) is 0 Å². The lowest BCUT2D eigenvalue weighted by Gasteiger charge is -2.18. The second-order valence-corrected chi connectivity index (χ2v) is 10.3. The number of fused-ring (bicyclic) bond motifs is 1. The second kappa shape index (κ2) is 10.1. The van der Waals surface area contributed by atoms with Gasteiger partial charge in [-0.1, -0.05) is 45.0 Å². The molecule has 5 aromatic rings. The van der Waals surface area contributed by atoms with Gasteiger partial charge >= 0.3 is 0 Å². The first-order chi connectivity index (χ1) is 18.6. The zero-order valence-electron chi connectivity index (χ0n) is 21.3. The minimum absolute atomic E-state index is 0.00901. The average molecular weight is 541 g/mol. The average Bonchev–Trinajstić information content (AvgIpc) is 3.56. The fourth-order valence-electron chi connectivity index (χ4n) is 3.96. The molecule has 2 aromatic heterocycles. The van der Waals surface area contributed by atoms with E-state index in [-0.39, 0.29) is 22.0 Å². The monoisotopic (exact) mass is 540 g/mol. The van der Waals surface area contributed by atoms with Crippen LogP contribution in [0.4, 0.5) is 11.4 Å². The number of carbonyl (C=O) groups excluding carboxylic acids is 1. The van der Waals surface area contributed by atoms with Crippen LogP contribution in [0.3, 0.4) is 0 Å². The van der Waals surface area contributed by atoms with Crippen molar-refractivity contribution in [3.05, 3.63) is 100 Å². The zero-order chi connectivity index (χ0) is 27.7. The number of benzene rings is 3. The Hall–Kier alpha value is -4.83. The van der Waals surface area contributed by atoms with Crippen LogP contribution in [0.25, 0.3) is 33.9 Å². The second-order valence-electron chi connectivity index (χ2n) is 9.91. The van der Waals surface area contributed by atoms with Gasteiger partial charge in [0.05, 0.1) is 4.92 Å².